The van der Waals surface area contributed by atoms with Crippen molar-refractivity contribution in [3.05, 3.63) is 94.2 Å². The van der Waals surface area contributed by atoms with Gasteiger partial charge in [0.2, 0.25) is 5.91 Å². The third-order valence-electron chi connectivity index (χ3n) is 5.17. The summed E-state index contributed by atoms with van der Waals surface area (Å²) in [7, 11) is 0. The van der Waals surface area contributed by atoms with Crippen LogP contribution < -0.4 is 10.6 Å². The first-order valence-corrected chi connectivity index (χ1v) is 11.1. The van der Waals surface area contributed by atoms with Crippen molar-refractivity contribution in [2.45, 2.75) is 38.8 Å². The molecule has 0 fully saturated rings. The van der Waals surface area contributed by atoms with Gasteiger partial charge < -0.3 is 10.6 Å². The number of rotatable bonds is 8. The van der Waals surface area contributed by atoms with Crippen LogP contribution >= 0.6 is 11.3 Å². The highest BCUT2D eigenvalue weighted by atomic mass is 32.1. The number of thiophene rings is 1. The largest absolute Gasteiger partial charge is 0.351 e. The zero-order chi connectivity index (χ0) is 21.5. The molecule has 2 N–H and O–H groups in total. The molecule has 2 atom stereocenters. The van der Waals surface area contributed by atoms with E-state index in [1.807, 2.05) is 68.6 Å². The zero-order valence-corrected chi connectivity index (χ0v) is 18.4. The topological polar surface area (TPSA) is 58.2 Å². The second-order valence-electron chi connectivity index (χ2n) is 7.77. The molecule has 0 radical (unpaired) electrons. The Kier molecular flexibility index (Phi) is 7.41. The van der Waals surface area contributed by atoms with Gasteiger partial charge in [0.25, 0.3) is 5.91 Å². The number of hydrogen-bond acceptors (Lipinski definition) is 3. The van der Waals surface area contributed by atoms with Crippen molar-refractivity contribution < 1.29 is 9.59 Å². The van der Waals surface area contributed by atoms with E-state index in [1.165, 1.54) is 11.3 Å². The van der Waals surface area contributed by atoms with Gasteiger partial charge in [-0.25, -0.2) is 0 Å². The van der Waals surface area contributed by atoms with E-state index in [9.17, 15) is 9.59 Å². The summed E-state index contributed by atoms with van der Waals surface area (Å²) in [5.41, 5.74) is 2.28. The van der Waals surface area contributed by atoms with E-state index in [1.54, 1.807) is 6.07 Å². The lowest BCUT2D eigenvalue weighted by molar-refractivity contribution is -0.124. The molecule has 3 aromatic rings. The lowest BCUT2D eigenvalue weighted by Gasteiger charge is -2.29. The predicted molar refractivity (Wildman–Crippen MR) is 123 cm³/mol. The maximum absolute atomic E-state index is 13.1. The van der Waals surface area contributed by atoms with Gasteiger partial charge in [-0.2, -0.15) is 0 Å². The van der Waals surface area contributed by atoms with Crippen molar-refractivity contribution in [3.63, 3.8) is 0 Å². The molecule has 0 spiro atoms. The van der Waals surface area contributed by atoms with Crippen LogP contribution in [0, 0.1) is 5.92 Å². The minimum absolute atomic E-state index is 0.0113. The lowest BCUT2D eigenvalue weighted by atomic mass is 9.85. The third kappa shape index (κ3) is 5.36. The molecule has 2 unspecified atom stereocenters. The Labute approximate surface area is 182 Å². The molecule has 0 aliphatic heterocycles. The summed E-state index contributed by atoms with van der Waals surface area (Å²) in [6.45, 7) is 5.89. The Morgan fingerprint density at radius 3 is 1.80 bits per heavy atom. The molecule has 1 aromatic heterocycles. The summed E-state index contributed by atoms with van der Waals surface area (Å²) in [5, 5.41) is 7.91. The first-order chi connectivity index (χ1) is 14.5. The lowest BCUT2D eigenvalue weighted by Crippen LogP contribution is -2.52. The second kappa shape index (κ2) is 10.2. The van der Waals surface area contributed by atoms with Crippen LogP contribution in [0.25, 0.3) is 0 Å². The van der Waals surface area contributed by atoms with Crippen LogP contribution in [-0.4, -0.2) is 23.9 Å². The highest BCUT2D eigenvalue weighted by Crippen LogP contribution is 2.28. The molecule has 2 amide bonds. The molecule has 30 heavy (non-hydrogen) atoms. The molecule has 0 saturated heterocycles. The van der Waals surface area contributed by atoms with Crippen LogP contribution in [0.4, 0.5) is 0 Å². The van der Waals surface area contributed by atoms with Crippen LogP contribution in [0.1, 0.15) is 47.5 Å². The summed E-state index contributed by atoms with van der Waals surface area (Å²) >= 11 is 1.37. The number of carbonyl (C=O) groups excluding carboxylic acids is 2. The first kappa shape index (κ1) is 21.8. The number of nitrogens with one attached hydrogen (secondary N) is 2. The average molecular weight is 421 g/mol. The summed E-state index contributed by atoms with van der Waals surface area (Å²) < 4.78 is 0. The molecule has 0 aliphatic rings. The van der Waals surface area contributed by atoms with Gasteiger partial charge in [0.15, 0.2) is 0 Å². The molecule has 0 saturated carbocycles. The second-order valence-corrected chi connectivity index (χ2v) is 8.72. The fourth-order valence-electron chi connectivity index (χ4n) is 3.64. The van der Waals surface area contributed by atoms with E-state index in [0.717, 1.165) is 11.1 Å². The van der Waals surface area contributed by atoms with Crippen molar-refractivity contribution in [1.29, 1.82) is 0 Å². The molecule has 5 heteroatoms. The normalized spacial score (nSPS) is 13.1. The number of hydrogen-bond donors (Lipinski definition) is 2. The SMILES string of the molecule is CC(C)C(NC(=O)c1cccs1)C(=O)NC(C)C(c1ccccc1)c1ccccc1. The van der Waals surface area contributed by atoms with Crippen LogP contribution in [-0.2, 0) is 4.79 Å². The first-order valence-electron chi connectivity index (χ1n) is 10.2. The molecular weight excluding hydrogens is 392 g/mol. The Morgan fingerprint density at radius 2 is 1.33 bits per heavy atom. The summed E-state index contributed by atoms with van der Waals surface area (Å²) in [5.74, 6) is -0.404. The van der Waals surface area contributed by atoms with E-state index in [-0.39, 0.29) is 29.7 Å². The molecule has 3 rings (SSSR count). The van der Waals surface area contributed by atoms with Crippen molar-refractivity contribution in [2.24, 2.45) is 5.92 Å². The Bertz CT molecular complexity index is 900. The van der Waals surface area contributed by atoms with Crippen molar-refractivity contribution >= 4 is 23.2 Å². The molecule has 1 heterocycles. The zero-order valence-electron chi connectivity index (χ0n) is 17.5. The number of amides is 2. The summed E-state index contributed by atoms with van der Waals surface area (Å²) in [4.78, 5) is 26.3. The summed E-state index contributed by atoms with van der Waals surface area (Å²) in [6, 6.07) is 23.2. The maximum atomic E-state index is 13.1. The Morgan fingerprint density at radius 1 is 0.767 bits per heavy atom. The molecule has 4 nitrogen and oxygen atoms in total. The van der Waals surface area contributed by atoms with E-state index < -0.39 is 6.04 Å². The van der Waals surface area contributed by atoms with Gasteiger partial charge in [-0.05, 0) is 35.4 Å². The van der Waals surface area contributed by atoms with Gasteiger partial charge in [-0.3, -0.25) is 9.59 Å². The van der Waals surface area contributed by atoms with Gasteiger partial charge in [-0.15, -0.1) is 11.3 Å². The quantitative estimate of drug-likeness (QED) is 0.548. The smallest absolute Gasteiger partial charge is 0.262 e. The van der Waals surface area contributed by atoms with Gasteiger partial charge in [-0.1, -0.05) is 80.6 Å². The molecule has 0 aliphatic carbocycles. The van der Waals surface area contributed by atoms with Crippen molar-refractivity contribution in [3.8, 4) is 0 Å². The van der Waals surface area contributed by atoms with Gasteiger partial charge in [0, 0.05) is 12.0 Å². The molecular formula is C25H28N2O2S. The maximum Gasteiger partial charge on any atom is 0.262 e. The highest BCUT2D eigenvalue weighted by Gasteiger charge is 2.29. The minimum Gasteiger partial charge on any atom is -0.351 e. The van der Waals surface area contributed by atoms with Gasteiger partial charge in [0.1, 0.15) is 6.04 Å². The molecule has 2 aromatic carbocycles. The van der Waals surface area contributed by atoms with Crippen LogP contribution in [0.2, 0.25) is 0 Å². The average Bonchev–Trinajstić information content (AvgIpc) is 3.28. The fraction of sp³-hybridized carbons (Fsp3) is 0.280. The third-order valence-corrected chi connectivity index (χ3v) is 6.04. The Hall–Kier alpha value is -2.92. The summed E-state index contributed by atoms with van der Waals surface area (Å²) in [6.07, 6.45) is 0. The van der Waals surface area contributed by atoms with Gasteiger partial charge in [0.05, 0.1) is 4.88 Å². The van der Waals surface area contributed by atoms with Crippen molar-refractivity contribution in [1.82, 2.24) is 10.6 Å². The minimum atomic E-state index is -0.603. The van der Waals surface area contributed by atoms with E-state index in [4.69, 9.17) is 0 Å². The van der Waals surface area contributed by atoms with Crippen LogP contribution in [0.5, 0.6) is 0 Å². The van der Waals surface area contributed by atoms with Crippen LogP contribution in [0.3, 0.4) is 0 Å². The molecule has 0 bridgehead atoms. The standard InChI is InChI=1S/C25H28N2O2S/c1-17(2)23(27-24(28)21-15-10-16-30-21)25(29)26-18(3)22(19-11-6-4-7-12-19)20-13-8-5-9-14-20/h4-18,22-23H,1-3H3,(H,26,29)(H,27,28). The highest BCUT2D eigenvalue weighted by molar-refractivity contribution is 7.12. The van der Waals surface area contributed by atoms with E-state index in [0.29, 0.717) is 4.88 Å². The Balaban J connectivity index is 1.78. The van der Waals surface area contributed by atoms with Crippen LogP contribution in [0.15, 0.2) is 78.2 Å². The molecule has 156 valence electrons. The monoisotopic (exact) mass is 420 g/mol. The van der Waals surface area contributed by atoms with E-state index >= 15 is 0 Å². The number of carbonyl (C=O) groups is 2. The van der Waals surface area contributed by atoms with Gasteiger partial charge >= 0.3 is 0 Å². The van der Waals surface area contributed by atoms with Crippen molar-refractivity contribution in [2.75, 3.05) is 0 Å². The predicted octanol–water partition coefficient (Wildman–Crippen LogP) is 4.84. The van der Waals surface area contributed by atoms with E-state index in [2.05, 4.69) is 34.9 Å². The number of benzene rings is 2. The fourth-order valence-corrected chi connectivity index (χ4v) is 4.27.